The van der Waals surface area contributed by atoms with Gasteiger partial charge < -0.3 is 19.5 Å². The summed E-state index contributed by atoms with van der Waals surface area (Å²) in [4.78, 5) is 6.93. The van der Waals surface area contributed by atoms with Crippen molar-refractivity contribution in [2.75, 3.05) is 4.90 Å². The number of hydrogen-bond acceptors (Lipinski definition) is 3. The summed E-state index contributed by atoms with van der Waals surface area (Å²) >= 11 is 5.94. The van der Waals surface area contributed by atoms with Crippen LogP contribution in [-0.4, -0.2) is 20.8 Å². The number of nitrogens with one attached hydrogen (secondary N) is 1. The number of aryl methyl sites for hydroxylation is 1. The van der Waals surface area contributed by atoms with Crippen LogP contribution in [0.1, 0.15) is 54.8 Å². The van der Waals surface area contributed by atoms with Gasteiger partial charge in [0.05, 0.1) is 17.8 Å². The average Bonchev–Trinajstić information content (AvgIpc) is 3.64. The zero-order valence-corrected chi connectivity index (χ0v) is 21.2. The number of anilines is 1. The van der Waals surface area contributed by atoms with Crippen LogP contribution < -0.4 is 15.0 Å². The predicted molar refractivity (Wildman–Crippen MR) is 148 cm³/mol. The molecule has 2 atom stereocenters. The minimum atomic E-state index is -0.0927. The van der Waals surface area contributed by atoms with E-state index in [2.05, 4.69) is 88.4 Å². The van der Waals surface area contributed by atoms with Gasteiger partial charge in [0.15, 0.2) is 5.11 Å². The predicted octanol–water partition coefficient (Wildman–Crippen LogP) is 6.68. The van der Waals surface area contributed by atoms with Gasteiger partial charge in [-0.3, -0.25) is 4.98 Å². The van der Waals surface area contributed by atoms with Crippen molar-refractivity contribution in [1.82, 2.24) is 14.9 Å². The summed E-state index contributed by atoms with van der Waals surface area (Å²) in [5.74, 6) is 0.921. The Labute approximate surface area is 217 Å². The summed E-state index contributed by atoms with van der Waals surface area (Å²) in [7, 11) is 0. The van der Waals surface area contributed by atoms with E-state index in [-0.39, 0.29) is 12.1 Å². The smallest absolute Gasteiger partial charge is 0.174 e. The van der Waals surface area contributed by atoms with Crippen molar-refractivity contribution in [3.63, 3.8) is 0 Å². The van der Waals surface area contributed by atoms with E-state index in [1.807, 2.05) is 24.4 Å². The summed E-state index contributed by atoms with van der Waals surface area (Å²) in [6.07, 6.45) is 6.98. The zero-order valence-electron chi connectivity index (χ0n) is 20.4. The molecule has 1 aliphatic heterocycles. The number of pyridine rings is 1. The maximum atomic E-state index is 6.22. The second-order valence-corrected chi connectivity index (χ2v) is 9.97. The van der Waals surface area contributed by atoms with Crippen LogP contribution in [-0.2, 0) is 0 Å². The lowest BCUT2D eigenvalue weighted by Crippen LogP contribution is -2.30. The van der Waals surface area contributed by atoms with Crippen LogP contribution in [0.2, 0.25) is 0 Å². The summed E-state index contributed by atoms with van der Waals surface area (Å²) in [6, 6.07) is 29.1. The maximum absolute atomic E-state index is 6.22. The molecule has 2 aliphatic rings. The van der Waals surface area contributed by atoms with E-state index >= 15 is 0 Å². The molecule has 0 radical (unpaired) electrons. The van der Waals surface area contributed by atoms with E-state index in [0.29, 0.717) is 11.2 Å². The number of nitrogens with zero attached hydrogens (tertiary/aromatic N) is 3. The molecule has 6 heteroatoms. The molecule has 2 aromatic carbocycles. The number of thiocarbonyl (C=S) groups is 1. The van der Waals surface area contributed by atoms with Crippen molar-refractivity contribution in [3.8, 4) is 11.4 Å². The Morgan fingerprint density at radius 3 is 2.33 bits per heavy atom. The van der Waals surface area contributed by atoms with Gasteiger partial charge in [-0.05, 0) is 105 Å². The third-order valence-electron chi connectivity index (χ3n) is 7.24. The lowest BCUT2D eigenvalue weighted by atomic mass is 10.0. The third-order valence-corrected chi connectivity index (χ3v) is 7.56. The van der Waals surface area contributed by atoms with Crippen LogP contribution in [0.25, 0.3) is 5.69 Å². The number of aromatic nitrogens is 2. The second kappa shape index (κ2) is 9.78. The van der Waals surface area contributed by atoms with Crippen molar-refractivity contribution in [1.29, 1.82) is 0 Å². The first kappa shape index (κ1) is 22.8. The van der Waals surface area contributed by atoms with E-state index in [4.69, 9.17) is 21.9 Å². The number of hydrogen-bond donors (Lipinski definition) is 1. The van der Waals surface area contributed by atoms with Gasteiger partial charge in [0.25, 0.3) is 0 Å². The number of rotatable bonds is 6. The molecule has 0 amide bonds. The van der Waals surface area contributed by atoms with Crippen LogP contribution in [0.4, 0.5) is 5.69 Å². The first-order chi connectivity index (χ1) is 17.7. The normalized spacial score (nSPS) is 20.0. The highest BCUT2D eigenvalue weighted by Crippen LogP contribution is 2.43. The largest absolute Gasteiger partial charge is 0.490 e. The molecule has 0 bridgehead atoms. The molecule has 5 nitrogen and oxygen atoms in total. The fourth-order valence-corrected chi connectivity index (χ4v) is 5.88. The number of ether oxygens (including phenoxy) is 1. The van der Waals surface area contributed by atoms with Crippen molar-refractivity contribution < 1.29 is 4.74 Å². The number of benzene rings is 2. The highest BCUT2D eigenvalue weighted by molar-refractivity contribution is 7.80. The molecule has 0 spiro atoms. The Kier molecular flexibility index (Phi) is 6.20. The monoisotopic (exact) mass is 494 g/mol. The van der Waals surface area contributed by atoms with Crippen molar-refractivity contribution >= 4 is 23.0 Å². The topological polar surface area (TPSA) is 42.3 Å². The zero-order chi connectivity index (χ0) is 24.5. The third kappa shape index (κ3) is 4.26. The molecular weight excluding hydrogens is 464 g/mol. The van der Waals surface area contributed by atoms with Crippen molar-refractivity contribution in [2.45, 2.75) is 50.8 Å². The van der Waals surface area contributed by atoms with Gasteiger partial charge in [0.1, 0.15) is 11.8 Å². The average molecular weight is 495 g/mol. The van der Waals surface area contributed by atoms with E-state index in [9.17, 15) is 0 Å². The Bertz CT molecular complexity index is 1330. The summed E-state index contributed by atoms with van der Waals surface area (Å²) in [5.41, 5.74) is 5.47. The molecule has 1 N–H and O–H groups in total. The molecule has 1 aliphatic carbocycles. The lowest BCUT2D eigenvalue weighted by molar-refractivity contribution is 0.210. The van der Waals surface area contributed by atoms with Crippen LogP contribution in [0.15, 0.2) is 91.1 Å². The summed E-state index contributed by atoms with van der Waals surface area (Å²) in [5, 5.41) is 4.27. The van der Waals surface area contributed by atoms with Crippen LogP contribution in [0, 0.1) is 6.92 Å². The molecule has 4 aromatic rings. The Balaban J connectivity index is 1.41. The molecule has 3 heterocycles. The second-order valence-electron chi connectivity index (χ2n) is 9.59. The van der Waals surface area contributed by atoms with Crippen LogP contribution in [0.5, 0.6) is 5.75 Å². The van der Waals surface area contributed by atoms with Gasteiger partial charge in [-0.15, -0.1) is 0 Å². The Morgan fingerprint density at radius 1 is 0.861 bits per heavy atom. The van der Waals surface area contributed by atoms with Crippen molar-refractivity contribution in [2.24, 2.45) is 0 Å². The van der Waals surface area contributed by atoms with E-state index in [0.717, 1.165) is 41.4 Å². The van der Waals surface area contributed by atoms with Gasteiger partial charge >= 0.3 is 0 Å². The highest BCUT2D eigenvalue weighted by atomic mass is 32.1. The van der Waals surface area contributed by atoms with E-state index in [1.165, 1.54) is 18.5 Å². The standard InChI is InChI=1S/C30H30N4OS/c1-21-14-19-27(33(21)22-9-3-2-4-10-22)29-28(26-13-7-8-20-31-26)32-30(36)34(29)23-15-17-25(18-16-23)35-24-11-5-6-12-24/h2-4,7-10,13-20,24,28-29H,5-6,11-12H2,1H3,(H,32,36)/t28-,29-/m1/s1. The lowest BCUT2D eigenvalue weighted by Gasteiger charge is -2.29. The number of para-hydroxylation sites is 1. The van der Waals surface area contributed by atoms with Gasteiger partial charge in [-0.2, -0.15) is 0 Å². The molecule has 2 fully saturated rings. The summed E-state index contributed by atoms with van der Waals surface area (Å²) < 4.78 is 8.54. The molecule has 182 valence electrons. The summed E-state index contributed by atoms with van der Waals surface area (Å²) in [6.45, 7) is 2.15. The molecule has 36 heavy (non-hydrogen) atoms. The maximum Gasteiger partial charge on any atom is 0.174 e. The fraction of sp³-hybridized carbons (Fsp3) is 0.267. The SMILES string of the molecule is Cc1ccc([C@@H]2[C@@H](c3ccccn3)NC(=S)N2c2ccc(OC3CCCC3)cc2)n1-c1ccccc1. The van der Waals surface area contributed by atoms with Gasteiger partial charge in [-0.25, -0.2) is 0 Å². The van der Waals surface area contributed by atoms with Crippen molar-refractivity contribution in [3.05, 3.63) is 108 Å². The molecular formula is C30H30N4OS. The van der Waals surface area contributed by atoms with Crippen LogP contribution >= 0.6 is 12.2 Å². The highest BCUT2D eigenvalue weighted by Gasteiger charge is 2.42. The van der Waals surface area contributed by atoms with Gasteiger partial charge in [0.2, 0.25) is 0 Å². The molecule has 0 unspecified atom stereocenters. The molecule has 2 aromatic heterocycles. The van der Waals surface area contributed by atoms with Crippen LogP contribution in [0.3, 0.4) is 0 Å². The fourth-order valence-electron chi connectivity index (χ4n) is 5.54. The molecule has 6 rings (SSSR count). The molecule has 1 saturated heterocycles. The van der Waals surface area contributed by atoms with E-state index < -0.39 is 0 Å². The Morgan fingerprint density at radius 2 is 1.61 bits per heavy atom. The minimum absolute atomic E-state index is 0.0806. The van der Waals surface area contributed by atoms with Gasteiger partial charge in [-0.1, -0.05) is 24.3 Å². The first-order valence-corrected chi connectivity index (χ1v) is 13.1. The Hall–Kier alpha value is -3.64. The van der Waals surface area contributed by atoms with E-state index in [1.54, 1.807) is 0 Å². The molecule has 1 saturated carbocycles. The minimum Gasteiger partial charge on any atom is -0.490 e. The van der Waals surface area contributed by atoms with Gasteiger partial charge in [0, 0.05) is 29.0 Å². The quantitative estimate of drug-likeness (QED) is 0.303. The first-order valence-electron chi connectivity index (χ1n) is 12.7.